The summed E-state index contributed by atoms with van der Waals surface area (Å²) >= 11 is 0. The number of aliphatic carboxylic acids is 3. The molecule has 58 heavy (non-hydrogen) atoms. The van der Waals surface area contributed by atoms with Crippen LogP contribution in [0.1, 0.15) is 141 Å². The first kappa shape index (κ1) is 52.3. The summed E-state index contributed by atoms with van der Waals surface area (Å²) in [5, 5.41) is 35.2. The predicted octanol–water partition coefficient (Wildman–Crippen LogP) is 4.17. The van der Waals surface area contributed by atoms with Crippen molar-refractivity contribution in [2.45, 2.75) is 153 Å². The van der Waals surface area contributed by atoms with Crippen LogP contribution in [0.2, 0.25) is 0 Å². The normalized spacial score (nSPS) is 19.5. The molecule has 0 spiro atoms. The van der Waals surface area contributed by atoms with E-state index >= 15 is 0 Å². The fourth-order valence-corrected chi connectivity index (χ4v) is 6.43. The van der Waals surface area contributed by atoms with Gasteiger partial charge >= 0.3 is 17.9 Å². The van der Waals surface area contributed by atoms with E-state index in [1.165, 1.54) is 51.4 Å². The fourth-order valence-electron chi connectivity index (χ4n) is 6.43. The number of nitrogens with one attached hydrogen (secondary N) is 3. The van der Waals surface area contributed by atoms with Crippen LogP contribution in [0.25, 0.3) is 0 Å². The summed E-state index contributed by atoms with van der Waals surface area (Å²) in [6.45, 7) is 1.75. The molecule has 0 aromatic heterocycles. The van der Waals surface area contributed by atoms with E-state index in [4.69, 9.17) is 29.2 Å². The molecule has 1 unspecified atom stereocenters. The van der Waals surface area contributed by atoms with Crippen LogP contribution < -0.4 is 16.0 Å². The number of rotatable bonds is 22. The first-order chi connectivity index (χ1) is 28.0. The number of ketones is 1. The summed E-state index contributed by atoms with van der Waals surface area (Å²) in [6.07, 6.45) is 16.6. The largest absolute Gasteiger partial charge is 0.481 e. The number of carbonyl (C=O) groups excluding carboxylic acids is 4. The molecule has 17 heteroatoms. The molecule has 0 aromatic carbocycles. The SMILES string of the molecule is O=C(O)CC[C@H](NC(=O)CCOCCOCCOCCOCCNC(=O)C1C[C@@H](C(=O)O)NC(=O)CCCCCCCCCCCCCCCCCCC1=O)C(=O)O. The number of carboxylic acids is 3. The van der Waals surface area contributed by atoms with Crippen molar-refractivity contribution in [1.29, 1.82) is 0 Å². The molecule has 0 radical (unpaired) electrons. The Kier molecular flexibility index (Phi) is 31.9. The Bertz CT molecular complexity index is 1190. The van der Waals surface area contributed by atoms with Crippen LogP contribution in [0, 0.1) is 5.92 Å². The lowest BCUT2D eigenvalue weighted by Gasteiger charge is -2.21. The zero-order chi connectivity index (χ0) is 42.6. The molecule has 1 aliphatic heterocycles. The van der Waals surface area contributed by atoms with Gasteiger partial charge in [-0.1, -0.05) is 89.9 Å². The molecule has 3 amide bonds. The number of hydrogen-bond acceptors (Lipinski definition) is 11. The average molecular weight is 830 g/mol. The third-order valence-corrected chi connectivity index (χ3v) is 9.80. The van der Waals surface area contributed by atoms with E-state index in [0.29, 0.717) is 12.8 Å². The average Bonchev–Trinajstić information content (AvgIpc) is 3.18. The summed E-state index contributed by atoms with van der Waals surface area (Å²) < 4.78 is 21.7. The van der Waals surface area contributed by atoms with Gasteiger partial charge in [0.25, 0.3) is 0 Å². The number of Topliss-reactive ketones (excluding diaryl/α,β-unsaturated/α-hetero) is 1. The predicted molar refractivity (Wildman–Crippen MR) is 213 cm³/mol. The van der Waals surface area contributed by atoms with Crippen molar-refractivity contribution in [2.75, 3.05) is 59.4 Å². The number of carboxylic acid groups (broad SMARTS) is 3. The molecule has 1 fully saturated rings. The summed E-state index contributed by atoms with van der Waals surface area (Å²) in [6, 6.07) is -2.64. The van der Waals surface area contributed by atoms with Gasteiger partial charge < -0.3 is 50.2 Å². The summed E-state index contributed by atoms with van der Waals surface area (Å²) in [7, 11) is 0. The lowest BCUT2D eigenvalue weighted by atomic mass is 9.91. The van der Waals surface area contributed by atoms with Gasteiger partial charge in [0, 0.05) is 32.2 Å². The molecule has 3 atom stereocenters. The highest BCUT2D eigenvalue weighted by Crippen LogP contribution is 2.18. The van der Waals surface area contributed by atoms with Crippen molar-refractivity contribution in [3.05, 3.63) is 0 Å². The Balaban J connectivity index is 2.37. The molecule has 17 nitrogen and oxygen atoms in total. The van der Waals surface area contributed by atoms with Gasteiger partial charge in [0.05, 0.1) is 58.8 Å². The van der Waals surface area contributed by atoms with E-state index in [9.17, 15) is 38.7 Å². The highest BCUT2D eigenvalue weighted by atomic mass is 16.6. The second kappa shape index (κ2) is 35.3. The third kappa shape index (κ3) is 29.5. The Morgan fingerprint density at radius 3 is 1.52 bits per heavy atom. The Morgan fingerprint density at radius 2 is 1.05 bits per heavy atom. The van der Waals surface area contributed by atoms with Crippen molar-refractivity contribution >= 4 is 41.4 Å². The summed E-state index contributed by atoms with van der Waals surface area (Å²) in [4.78, 5) is 85.0. The minimum absolute atomic E-state index is 0.0345. The van der Waals surface area contributed by atoms with Gasteiger partial charge in [0.2, 0.25) is 17.7 Å². The fraction of sp³-hybridized carbons (Fsp3) is 0.829. The first-order valence-electron chi connectivity index (χ1n) is 21.4. The van der Waals surface area contributed by atoms with Crippen molar-refractivity contribution in [1.82, 2.24) is 16.0 Å². The van der Waals surface area contributed by atoms with Crippen LogP contribution in [-0.2, 0) is 52.5 Å². The van der Waals surface area contributed by atoms with Crippen LogP contribution in [0.5, 0.6) is 0 Å². The van der Waals surface area contributed by atoms with Crippen LogP contribution in [0.3, 0.4) is 0 Å². The minimum Gasteiger partial charge on any atom is -0.481 e. The molecule has 0 aliphatic carbocycles. The Hall–Kier alpha value is -3.67. The van der Waals surface area contributed by atoms with Gasteiger partial charge in [-0.2, -0.15) is 0 Å². The van der Waals surface area contributed by atoms with E-state index in [2.05, 4.69) is 16.0 Å². The smallest absolute Gasteiger partial charge is 0.326 e. The van der Waals surface area contributed by atoms with E-state index in [1.54, 1.807) is 0 Å². The van der Waals surface area contributed by atoms with Crippen LogP contribution in [-0.4, -0.2) is 128 Å². The lowest BCUT2D eigenvalue weighted by Crippen LogP contribution is -2.46. The van der Waals surface area contributed by atoms with Crippen molar-refractivity contribution in [3.63, 3.8) is 0 Å². The summed E-state index contributed by atoms with van der Waals surface area (Å²) in [5.74, 6) is -6.84. The quantitative estimate of drug-likeness (QED) is 0.0662. The van der Waals surface area contributed by atoms with Crippen LogP contribution >= 0.6 is 0 Å². The van der Waals surface area contributed by atoms with E-state index in [-0.39, 0.29) is 104 Å². The van der Waals surface area contributed by atoms with Crippen molar-refractivity contribution < 1.29 is 67.8 Å². The van der Waals surface area contributed by atoms with Gasteiger partial charge in [0.15, 0.2) is 0 Å². The highest BCUT2D eigenvalue weighted by molar-refractivity contribution is 6.02. The second-order valence-electron chi connectivity index (χ2n) is 14.8. The van der Waals surface area contributed by atoms with Crippen molar-refractivity contribution in [3.8, 4) is 0 Å². The molecule has 1 aliphatic rings. The lowest BCUT2D eigenvalue weighted by molar-refractivity contribution is -0.144. The number of ether oxygens (including phenoxy) is 4. The van der Waals surface area contributed by atoms with Crippen LogP contribution in [0.4, 0.5) is 0 Å². The van der Waals surface area contributed by atoms with E-state index < -0.39 is 53.6 Å². The molecule has 0 aromatic rings. The maximum atomic E-state index is 13.3. The number of amides is 3. The Morgan fingerprint density at radius 1 is 0.603 bits per heavy atom. The third-order valence-electron chi connectivity index (χ3n) is 9.80. The highest BCUT2D eigenvalue weighted by Gasteiger charge is 2.33. The Labute approximate surface area is 343 Å². The zero-order valence-corrected chi connectivity index (χ0v) is 34.5. The van der Waals surface area contributed by atoms with Gasteiger partial charge in [0.1, 0.15) is 17.9 Å². The maximum absolute atomic E-state index is 13.3. The molecule has 334 valence electrons. The molecular formula is C41H71N3O14. The molecule has 6 N–H and O–H groups in total. The molecule has 1 heterocycles. The first-order valence-corrected chi connectivity index (χ1v) is 21.4. The topological polar surface area (TPSA) is 253 Å². The molecule has 0 saturated carbocycles. The zero-order valence-electron chi connectivity index (χ0n) is 34.5. The molecule has 1 saturated heterocycles. The molecular weight excluding hydrogens is 758 g/mol. The van der Waals surface area contributed by atoms with Crippen LogP contribution in [0.15, 0.2) is 0 Å². The number of carbonyl (C=O) groups is 7. The van der Waals surface area contributed by atoms with E-state index in [1.807, 2.05) is 0 Å². The van der Waals surface area contributed by atoms with Crippen molar-refractivity contribution in [2.24, 2.45) is 5.92 Å². The van der Waals surface area contributed by atoms with Gasteiger partial charge in [-0.3, -0.25) is 24.0 Å². The number of hydrogen-bond donors (Lipinski definition) is 6. The monoisotopic (exact) mass is 829 g/mol. The minimum atomic E-state index is -1.36. The molecule has 0 bridgehead atoms. The van der Waals surface area contributed by atoms with Gasteiger partial charge in [-0.25, -0.2) is 9.59 Å². The molecule has 1 rings (SSSR count). The van der Waals surface area contributed by atoms with Gasteiger partial charge in [-0.15, -0.1) is 0 Å². The summed E-state index contributed by atoms with van der Waals surface area (Å²) in [5.41, 5.74) is 0. The standard InChI is InChI=1S/C41H71N3O14/c45-35-17-15-13-11-9-7-5-3-1-2-4-6-8-10-12-14-16-18-36(46)44-34(41(53)54)31-32(35)39(50)42-22-24-56-26-28-58-30-29-57-27-25-55-23-21-37(47)43-33(40(51)52)19-20-38(48)49/h32-34H,1-31H2,(H,42,50)(H,43,47)(H,44,46)(H,48,49)(H,51,52)(H,53,54)/t32?,33-,34-/m0/s1. The van der Waals surface area contributed by atoms with Gasteiger partial charge in [-0.05, 0) is 25.7 Å². The maximum Gasteiger partial charge on any atom is 0.326 e. The van der Waals surface area contributed by atoms with E-state index in [0.717, 1.165) is 38.5 Å². The second-order valence-corrected chi connectivity index (χ2v) is 14.8.